The van der Waals surface area contributed by atoms with Gasteiger partial charge in [0.2, 0.25) is 0 Å². The molecule has 0 spiro atoms. The van der Waals surface area contributed by atoms with Gasteiger partial charge in [0.15, 0.2) is 9.84 Å². The third-order valence-electron chi connectivity index (χ3n) is 4.87. The van der Waals surface area contributed by atoms with Crippen molar-refractivity contribution < 1.29 is 23.1 Å². The molecule has 6 nitrogen and oxygen atoms in total. The lowest BCUT2D eigenvalue weighted by molar-refractivity contribution is 0.0168. The van der Waals surface area contributed by atoms with Crippen molar-refractivity contribution in [3.63, 3.8) is 0 Å². The topological polar surface area (TPSA) is 92.7 Å². The number of rotatable bonds is 6. The fourth-order valence-corrected chi connectivity index (χ4v) is 4.08. The Morgan fingerprint density at radius 2 is 1.79 bits per heavy atom. The van der Waals surface area contributed by atoms with Crippen LogP contribution in [0.25, 0.3) is 0 Å². The van der Waals surface area contributed by atoms with Gasteiger partial charge >= 0.3 is 0 Å². The Kier molecular flexibility index (Phi) is 6.36. The van der Waals surface area contributed by atoms with Gasteiger partial charge in [0, 0.05) is 17.5 Å². The highest BCUT2D eigenvalue weighted by Gasteiger charge is 2.16. The summed E-state index contributed by atoms with van der Waals surface area (Å²) >= 11 is 0. The van der Waals surface area contributed by atoms with Gasteiger partial charge in [-0.15, -0.1) is 0 Å². The number of anilines is 1. The maximum absolute atomic E-state index is 12.4. The van der Waals surface area contributed by atoms with Crippen LogP contribution in [0.5, 0.6) is 5.75 Å². The number of hydrogen-bond donors (Lipinski definition) is 2. The van der Waals surface area contributed by atoms with Crippen LogP contribution in [0, 0.1) is 0 Å². The molecule has 1 amide bonds. The summed E-state index contributed by atoms with van der Waals surface area (Å²) in [6, 6.07) is 11.1. The molecule has 0 unspecified atom stereocenters. The number of sulfone groups is 1. The second-order valence-corrected chi connectivity index (χ2v) is 9.16. The summed E-state index contributed by atoms with van der Waals surface area (Å²) in [5.41, 5.74) is 1.76. The van der Waals surface area contributed by atoms with Crippen molar-refractivity contribution in [2.24, 2.45) is 0 Å². The van der Waals surface area contributed by atoms with Crippen LogP contribution in [0.1, 0.15) is 48.0 Å². The van der Waals surface area contributed by atoms with Gasteiger partial charge in [-0.05, 0) is 48.7 Å². The van der Waals surface area contributed by atoms with E-state index in [2.05, 4.69) is 5.32 Å². The number of carbonyl (C=O) groups excluding carboxylic acids is 1. The Morgan fingerprint density at radius 3 is 2.43 bits per heavy atom. The molecule has 0 aliphatic heterocycles. The highest BCUT2D eigenvalue weighted by atomic mass is 32.2. The molecule has 0 saturated heterocycles. The van der Waals surface area contributed by atoms with Crippen LogP contribution in [0.4, 0.5) is 5.69 Å². The second kappa shape index (κ2) is 8.75. The molecule has 1 fully saturated rings. The van der Waals surface area contributed by atoms with E-state index < -0.39 is 9.84 Å². The molecule has 2 aromatic rings. The molecule has 0 atom stereocenters. The van der Waals surface area contributed by atoms with Gasteiger partial charge in [0.25, 0.3) is 5.91 Å². The molecule has 0 radical (unpaired) electrons. The standard InChI is InChI=1S/C21H25NO5S/c1-28(25,26)20-13-17(11-12-19(20)23)22-21(24)16-9-7-15(8-10-16)14-27-18-5-3-2-4-6-18/h7-13,18,23H,2-6,14H2,1H3,(H,22,24). The van der Waals surface area contributed by atoms with Crippen LogP contribution >= 0.6 is 0 Å². The molecular formula is C21H25NO5S. The Hall–Kier alpha value is -2.38. The minimum Gasteiger partial charge on any atom is -0.507 e. The van der Waals surface area contributed by atoms with E-state index in [1.54, 1.807) is 12.1 Å². The first kappa shape index (κ1) is 20.4. The number of ether oxygens (including phenoxy) is 1. The van der Waals surface area contributed by atoms with Crippen molar-refractivity contribution in [3.05, 3.63) is 53.6 Å². The minimum absolute atomic E-state index is 0.222. The zero-order chi connectivity index (χ0) is 20.1. The van der Waals surface area contributed by atoms with Crippen LogP contribution in [0.15, 0.2) is 47.4 Å². The number of phenols is 1. The number of aromatic hydroxyl groups is 1. The Labute approximate surface area is 165 Å². The summed E-state index contributed by atoms with van der Waals surface area (Å²) in [7, 11) is -3.59. The van der Waals surface area contributed by atoms with Gasteiger partial charge in [-0.1, -0.05) is 31.4 Å². The molecule has 3 rings (SSSR count). The molecule has 1 aliphatic rings. The normalized spacial score (nSPS) is 15.3. The summed E-state index contributed by atoms with van der Waals surface area (Å²) in [5.74, 6) is -0.701. The fraction of sp³-hybridized carbons (Fsp3) is 0.381. The van der Waals surface area contributed by atoms with Crippen molar-refractivity contribution >= 4 is 21.4 Å². The number of benzene rings is 2. The van der Waals surface area contributed by atoms with Gasteiger partial charge in [-0.3, -0.25) is 4.79 Å². The van der Waals surface area contributed by atoms with Gasteiger partial charge in [-0.2, -0.15) is 0 Å². The lowest BCUT2D eigenvalue weighted by Gasteiger charge is -2.22. The van der Waals surface area contributed by atoms with E-state index in [1.807, 2.05) is 12.1 Å². The highest BCUT2D eigenvalue weighted by Crippen LogP contribution is 2.26. The maximum Gasteiger partial charge on any atom is 0.255 e. The van der Waals surface area contributed by atoms with Crippen molar-refractivity contribution in [1.29, 1.82) is 0 Å². The molecule has 2 N–H and O–H groups in total. The van der Waals surface area contributed by atoms with Crippen LogP contribution in [-0.2, 0) is 21.2 Å². The highest BCUT2D eigenvalue weighted by molar-refractivity contribution is 7.90. The molecule has 28 heavy (non-hydrogen) atoms. The molecule has 0 bridgehead atoms. The third kappa shape index (κ3) is 5.33. The predicted octanol–water partition coefficient (Wildman–Crippen LogP) is 3.90. The lowest BCUT2D eigenvalue weighted by Crippen LogP contribution is -2.16. The Bertz CT molecular complexity index is 932. The van der Waals surface area contributed by atoms with Crippen molar-refractivity contribution in [1.82, 2.24) is 0 Å². The first-order chi connectivity index (χ1) is 13.3. The fourth-order valence-electron chi connectivity index (χ4n) is 3.29. The maximum atomic E-state index is 12.4. The first-order valence-corrected chi connectivity index (χ1v) is 11.3. The van der Waals surface area contributed by atoms with Crippen LogP contribution in [0.3, 0.4) is 0 Å². The molecule has 150 valence electrons. The van der Waals surface area contributed by atoms with Crippen LogP contribution in [0.2, 0.25) is 0 Å². The van der Waals surface area contributed by atoms with E-state index in [0.29, 0.717) is 24.0 Å². The summed E-state index contributed by atoms with van der Waals surface area (Å²) in [4.78, 5) is 12.2. The monoisotopic (exact) mass is 403 g/mol. The molecule has 2 aromatic carbocycles. The zero-order valence-electron chi connectivity index (χ0n) is 15.8. The molecule has 0 aromatic heterocycles. The molecule has 1 aliphatic carbocycles. The van der Waals surface area contributed by atoms with Crippen molar-refractivity contribution in [3.8, 4) is 5.75 Å². The average molecular weight is 404 g/mol. The number of nitrogens with one attached hydrogen (secondary N) is 1. The molecular weight excluding hydrogens is 378 g/mol. The van der Waals surface area contributed by atoms with E-state index in [9.17, 15) is 18.3 Å². The van der Waals surface area contributed by atoms with E-state index in [4.69, 9.17) is 4.74 Å². The van der Waals surface area contributed by atoms with E-state index in [0.717, 1.165) is 24.7 Å². The molecule has 0 heterocycles. The minimum atomic E-state index is -3.59. The average Bonchev–Trinajstić information content (AvgIpc) is 2.68. The SMILES string of the molecule is CS(=O)(=O)c1cc(NC(=O)c2ccc(COC3CCCCC3)cc2)ccc1O. The third-order valence-corrected chi connectivity index (χ3v) is 6.00. The zero-order valence-corrected chi connectivity index (χ0v) is 16.7. The van der Waals surface area contributed by atoms with Crippen LogP contribution in [-0.4, -0.2) is 31.8 Å². The van der Waals surface area contributed by atoms with Gasteiger partial charge in [0.05, 0.1) is 12.7 Å². The number of hydrogen-bond acceptors (Lipinski definition) is 5. The lowest BCUT2D eigenvalue weighted by atomic mass is 9.98. The summed E-state index contributed by atoms with van der Waals surface area (Å²) in [6.45, 7) is 0.530. The van der Waals surface area contributed by atoms with Gasteiger partial charge in [-0.25, -0.2) is 8.42 Å². The number of phenolic OH excluding ortho intramolecular Hbond substituents is 1. The van der Waals surface area contributed by atoms with E-state index in [1.165, 1.54) is 37.5 Å². The number of carbonyl (C=O) groups is 1. The molecule has 7 heteroatoms. The Morgan fingerprint density at radius 1 is 1.11 bits per heavy atom. The smallest absolute Gasteiger partial charge is 0.255 e. The second-order valence-electron chi connectivity index (χ2n) is 7.18. The van der Waals surface area contributed by atoms with Crippen molar-refractivity contribution in [2.45, 2.75) is 49.7 Å². The van der Waals surface area contributed by atoms with Gasteiger partial charge in [0.1, 0.15) is 10.6 Å². The Balaban J connectivity index is 1.62. The van der Waals surface area contributed by atoms with Gasteiger partial charge < -0.3 is 15.2 Å². The molecule has 1 saturated carbocycles. The summed E-state index contributed by atoms with van der Waals surface area (Å²) in [6.07, 6.45) is 7.29. The van der Waals surface area contributed by atoms with Crippen LogP contribution < -0.4 is 5.32 Å². The van der Waals surface area contributed by atoms with Crippen molar-refractivity contribution in [2.75, 3.05) is 11.6 Å². The first-order valence-electron chi connectivity index (χ1n) is 9.38. The van der Waals surface area contributed by atoms with E-state index >= 15 is 0 Å². The summed E-state index contributed by atoms with van der Waals surface area (Å²) < 4.78 is 29.3. The summed E-state index contributed by atoms with van der Waals surface area (Å²) in [5, 5.41) is 12.3. The number of amides is 1. The predicted molar refractivity (Wildman–Crippen MR) is 107 cm³/mol. The largest absolute Gasteiger partial charge is 0.507 e. The van der Waals surface area contributed by atoms with E-state index in [-0.39, 0.29) is 16.6 Å². The quantitative estimate of drug-likeness (QED) is 0.714.